The fourth-order valence-corrected chi connectivity index (χ4v) is 2.55. The zero-order chi connectivity index (χ0) is 14.2. The first kappa shape index (κ1) is 13.7. The van der Waals surface area contributed by atoms with Crippen molar-refractivity contribution in [2.45, 2.75) is 41.2 Å². The quantitative estimate of drug-likeness (QED) is 0.910. The topological polar surface area (TPSA) is 43.8 Å². The lowest BCUT2D eigenvalue weighted by molar-refractivity contribution is 0.518. The molecule has 0 aliphatic rings. The number of aryl methyl sites for hydroxylation is 3. The Balaban J connectivity index is 2.58. The summed E-state index contributed by atoms with van der Waals surface area (Å²) in [5, 5.41) is 0. The molecule has 0 saturated carbocycles. The third kappa shape index (κ3) is 2.50. The number of anilines is 1. The third-order valence-corrected chi connectivity index (χ3v) is 3.46. The molecule has 3 nitrogen and oxygen atoms in total. The average Bonchev–Trinajstić information content (AvgIpc) is 2.57. The minimum absolute atomic E-state index is 0.556. The van der Waals surface area contributed by atoms with Crippen molar-refractivity contribution in [3.05, 3.63) is 35.2 Å². The average molecular weight is 257 g/mol. The van der Waals surface area contributed by atoms with Crippen LogP contribution in [0, 0.1) is 26.7 Å². The smallest absolute Gasteiger partial charge is 0.131 e. The van der Waals surface area contributed by atoms with Gasteiger partial charge in [0.25, 0.3) is 0 Å². The van der Waals surface area contributed by atoms with Gasteiger partial charge in [-0.3, -0.25) is 0 Å². The van der Waals surface area contributed by atoms with Crippen molar-refractivity contribution in [1.29, 1.82) is 0 Å². The van der Waals surface area contributed by atoms with Gasteiger partial charge in [-0.1, -0.05) is 32.0 Å². The van der Waals surface area contributed by atoms with E-state index >= 15 is 0 Å². The summed E-state index contributed by atoms with van der Waals surface area (Å²) >= 11 is 0. The summed E-state index contributed by atoms with van der Waals surface area (Å²) in [4.78, 5) is 4.69. The molecule has 0 aliphatic heterocycles. The molecule has 102 valence electrons. The zero-order valence-corrected chi connectivity index (χ0v) is 12.5. The van der Waals surface area contributed by atoms with Crippen molar-refractivity contribution in [3.8, 4) is 11.3 Å². The molecule has 2 aromatic rings. The lowest BCUT2D eigenvalue weighted by atomic mass is 10.00. The molecule has 0 aliphatic carbocycles. The maximum absolute atomic E-state index is 6.32. The number of nitrogens with two attached hydrogens (primary N) is 1. The Hall–Kier alpha value is -1.77. The molecular weight excluding hydrogens is 234 g/mol. The van der Waals surface area contributed by atoms with Crippen LogP contribution in [0.1, 0.15) is 30.8 Å². The summed E-state index contributed by atoms with van der Waals surface area (Å²) in [6, 6.07) is 6.29. The predicted octanol–water partition coefficient (Wildman–Crippen LogP) is 3.71. The first-order valence-corrected chi connectivity index (χ1v) is 6.81. The second-order valence-electron chi connectivity index (χ2n) is 5.66. The monoisotopic (exact) mass is 257 g/mol. The van der Waals surface area contributed by atoms with Crippen molar-refractivity contribution in [3.63, 3.8) is 0 Å². The first-order chi connectivity index (χ1) is 8.91. The highest BCUT2D eigenvalue weighted by Gasteiger charge is 2.17. The maximum Gasteiger partial charge on any atom is 0.131 e. The van der Waals surface area contributed by atoms with Gasteiger partial charge in [-0.25, -0.2) is 4.98 Å². The van der Waals surface area contributed by atoms with Crippen LogP contribution in [0.3, 0.4) is 0 Å². The number of benzene rings is 1. The molecule has 0 unspecified atom stereocenters. The molecule has 0 atom stereocenters. The number of aromatic nitrogens is 2. The van der Waals surface area contributed by atoms with Gasteiger partial charge in [0, 0.05) is 12.1 Å². The zero-order valence-electron chi connectivity index (χ0n) is 12.5. The Kier molecular flexibility index (Phi) is 3.65. The first-order valence-electron chi connectivity index (χ1n) is 6.81. The van der Waals surface area contributed by atoms with Crippen LogP contribution in [0.4, 0.5) is 5.82 Å². The van der Waals surface area contributed by atoms with Crippen molar-refractivity contribution in [1.82, 2.24) is 9.55 Å². The van der Waals surface area contributed by atoms with Gasteiger partial charge in [0.1, 0.15) is 17.3 Å². The minimum Gasteiger partial charge on any atom is -0.383 e. The van der Waals surface area contributed by atoms with Crippen molar-refractivity contribution >= 4 is 5.82 Å². The highest BCUT2D eigenvalue weighted by molar-refractivity contribution is 5.76. The molecule has 1 aromatic heterocycles. The Bertz CT molecular complexity index is 574. The Morgan fingerprint density at radius 1 is 1.16 bits per heavy atom. The van der Waals surface area contributed by atoms with Crippen molar-refractivity contribution in [2.75, 3.05) is 5.73 Å². The molecule has 0 radical (unpaired) electrons. The molecule has 0 saturated heterocycles. The summed E-state index contributed by atoms with van der Waals surface area (Å²) in [7, 11) is 0. The third-order valence-electron chi connectivity index (χ3n) is 3.46. The van der Waals surface area contributed by atoms with Gasteiger partial charge in [-0.15, -0.1) is 0 Å². The van der Waals surface area contributed by atoms with Gasteiger partial charge < -0.3 is 10.3 Å². The van der Waals surface area contributed by atoms with Gasteiger partial charge >= 0.3 is 0 Å². The van der Waals surface area contributed by atoms with E-state index in [1.54, 1.807) is 0 Å². The molecule has 0 spiro atoms. The maximum atomic E-state index is 6.32. The summed E-state index contributed by atoms with van der Waals surface area (Å²) < 4.78 is 2.12. The molecule has 0 amide bonds. The highest BCUT2D eigenvalue weighted by atomic mass is 15.1. The van der Waals surface area contributed by atoms with E-state index in [4.69, 9.17) is 10.7 Å². The molecule has 1 heterocycles. The van der Waals surface area contributed by atoms with Crippen LogP contribution in [0.15, 0.2) is 18.2 Å². The van der Waals surface area contributed by atoms with E-state index in [1.807, 2.05) is 6.92 Å². The molecule has 2 rings (SSSR count). The second kappa shape index (κ2) is 5.08. The minimum atomic E-state index is 0.556. The van der Waals surface area contributed by atoms with Crippen LogP contribution in [0.2, 0.25) is 0 Å². The molecule has 0 fully saturated rings. The second-order valence-corrected chi connectivity index (χ2v) is 5.66. The summed E-state index contributed by atoms with van der Waals surface area (Å²) in [5.74, 6) is 2.33. The summed E-state index contributed by atoms with van der Waals surface area (Å²) in [6.45, 7) is 11.5. The summed E-state index contributed by atoms with van der Waals surface area (Å²) in [5.41, 5.74) is 10.9. The Morgan fingerprint density at radius 3 is 2.26 bits per heavy atom. The van der Waals surface area contributed by atoms with Crippen molar-refractivity contribution < 1.29 is 0 Å². The van der Waals surface area contributed by atoms with Crippen LogP contribution in [0.25, 0.3) is 11.3 Å². The molecule has 1 aromatic carbocycles. The molecule has 0 bridgehead atoms. The van der Waals surface area contributed by atoms with Crippen LogP contribution in [0.5, 0.6) is 0 Å². The van der Waals surface area contributed by atoms with E-state index < -0.39 is 0 Å². The number of rotatable bonds is 3. The lowest BCUT2D eigenvalue weighted by Crippen LogP contribution is -2.09. The molecule has 2 N–H and O–H groups in total. The fraction of sp³-hybridized carbons (Fsp3) is 0.438. The van der Waals surface area contributed by atoms with E-state index in [-0.39, 0.29) is 0 Å². The van der Waals surface area contributed by atoms with Crippen LogP contribution < -0.4 is 5.73 Å². The SMILES string of the molecule is Cc1cccc(C)c1-c1nc(C)n(CC(C)C)c1N. The number of hydrogen-bond donors (Lipinski definition) is 1. The van der Waals surface area contributed by atoms with Gasteiger partial charge in [0.05, 0.1) is 0 Å². The van der Waals surface area contributed by atoms with E-state index in [2.05, 4.69) is 50.5 Å². The number of imidazole rings is 1. The normalized spacial score (nSPS) is 11.3. The Morgan fingerprint density at radius 2 is 1.74 bits per heavy atom. The largest absolute Gasteiger partial charge is 0.383 e. The van der Waals surface area contributed by atoms with E-state index in [0.29, 0.717) is 5.92 Å². The van der Waals surface area contributed by atoms with Crippen molar-refractivity contribution in [2.24, 2.45) is 5.92 Å². The van der Waals surface area contributed by atoms with E-state index in [9.17, 15) is 0 Å². The van der Waals surface area contributed by atoms with Gasteiger partial charge in [-0.2, -0.15) is 0 Å². The number of hydrogen-bond acceptors (Lipinski definition) is 2. The van der Waals surface area contributed by atoms with E-state index in [0.717, 1.165) is 23.9 Å². The lowest BCUT2D eigenvalue weighted by Gasteiger charge is -2.11. The molecule has 19 heavy (non-hydrogen) atoms. The Labute approximate surface area is 115 Å². The predicted molar refractivity (Wildman–Crippen MR) is 81.1 cm³/mol. The van der Waals surface area contributed by atoms with Crippen LogP contribution >= 0.6 is 0 Å². The molecule has 3 heteroatoms. The van der Waals surface area contributed by atoms with Gasteiger partial charge in [0.15, 0.2) is 0 Å². The van der Waals surface area contributed by atoms with Crippen LogP contribution in [-0.4, -0.2) is 9.55 Å². The fourth-order valence-electron chi connectivity index (χ4n) is 2.55. The van der Waals surface area contributed by atoms with Gasteiger partial charge in [0.2, 0.25) is 0 Å². The highest BCUT2D eigenvalue weighted by Crippen LogP contribution is 2.31. The summed E-state index contributed by atoms with van der Waals surface area (Å²) in [6.07, 6.45) is 0. The van der Waals surface area contributed by atoms with E-state index in [1.165, 1.54) is 16.7 Å². The van der Waals surface area contributed by atoms with Gasteiger partial charge in [-0.05, 0) is 37.8 Å². The standard InChI is InChI=1S/C16H23N3/c1-10(2)9-19-13(5)18-15(16(19)17)14-11(3)7-6-8-12(14)4/h6-8,10H,9,17H2,1-5H3. The number of nitrogen functional groups attached to an aromatic ring is 1. The number of nitrogens with zero attached hydrogens (tertiary/aromatic N) is 2. The van der Waals surface area contributed by atoms with Crippen LogP contribution in [-0.2, 0) is 6.54 Å². The molecular formula is C16H23N3.